The third-order valence-corrected chi connectivity index (χ3v) is 7.07. The fraction of sp³-hybridized carbons (Fsp3) is 0.429. The number of nitrogens with zero attached hydrogens (tertiary/aromatic N) is 2. The molecule has 0 saturated heterocycles. The number of amides is 1. The van der Waals surface area contributed by atoms with E-state index in [1.807, 2.05) is 44.2 Å². The first-order valence-electron chi connectivity index (χ1n) is 12.2. The summed E-state index contributed by atoms with van der Waals surface area (Å²) in [5, 5.41) is 10.8. The summed E-state index contributed by atoms with van der Waals surface area (Å²) in [4.78, 5) is 18.2. The van der Waals surface area contributed by atoms with Crippen molar-refractivity contribution in [2.24, 2.45) is 5.92 Å². The minimum absolute atomic E-state index is 0.402. The van der Waals surface area contributed by atoms with Crippen LogP contribution < -0.4 is 19.1 Å². The van der Waals surface area contributed by atoms with Crippen LogP contribution in [-0.2, 0) is 0 Å². The van der Waals surface area contributed by atoms with Gasteiger partial charge in [-0.05, 0) is 68.0 Å². The predicted octanol–water partition coefficient (Wildman–Crippen LogP) is 7.12. The lowest BCUT2D eigenvalue weighted by molar-refractivity contribution is 0.200. The van der Waals surface area contributed by atoms with E-state index in [9.17, 15) is 9.90 Å². The molecule has 0 bridgehead atoms. The van der Waals surface area contributed by atoms with Crippen molar-refractivity contribution in [2.75, 3.05) is 25.7 Å². The fourth-order valence-corrected chi connectivity index (χ4v) is 4.92. The van der Waals surface area contributed by atoms with Crippen LogP contribution >= 0.6 is 0 Å². The van der Waals surface area contributed by atoms with Gasteiger partial charge in [0.2, 0.25) is 0 Å². The van der Waals surface area contributed by atoms with Crippen LogP contribution in [0.4, 0.5) is 10.5 Å². The molecule has 0 aliphatic heterocycles. The summed E-state index contributed by atoms with van der Waals surface area (Å²) in [6, 6.07) is 9.20. The standard InChI is InChI=1S/C28H34N2O5/c1-18-19(2)24(12-11-23(18)30(28(31)32)17-20-9-7-5-6-8-10-20)35-25-13-14-29-22-16-27(34-4)26(33-3)15-21(22)25/h11-16,20H,5-10,17H2,1-4H3,(H,31,32). The van der Waals surface area contributed by atoms with Crippen molar-refractivity contribution in [3.63, 3.8) is 0 Å². The normalized spacial score (nSPS) is 14.4. The van der Waals surface area contributed by atoms with Crippen LogP contribution in [0.2, 0.25) is 0 Å². The van der Waals surface area contributed by atoms with Gasteiger partial charge in [-0.1, -0.05) is 25.7 Å². The van der Waals surface area contributed by atoms with E-state index in [-0.39, 0.29) is 0 Å². The maximum Gasteiger partial charge on any atom is 0.411 e. The molecule has 1 aromatic heterocycles. The first-order valence-corrected chi connectivity index (χ1v) is 12.2. The monoisotopic (exact) mass is 478 g/mol. The molecular weight excluding hydrogens is 444 g/mol. The number of methoxy groups -OCH3 is 2. The van der Waals surface area contributed by atoms with Gasteiger partial charge in [0.15, 0.2) is 11.5 Å². The highest BCUT2D eigenvalue weighted by Crippen LogP contribution is 2.39. The summed E-state index contributed by atoms with van der Waals surface area (Å²) in [5.74, 6) is 2.91. The van der Waals surface area contributed by atoms with Crippen LogP contribution in [0.1, 0.15) is 49.7 Å². The van der Waals surface area contributed by atoms with E-state index in [4.69, 9.17) is 14.2 Å². The summed E-state index contributed by atoms with van der Waals surface area (Å²) < 4.78 is 17.2. The Bertz CT molecular complexity index is 1200. The zero-order valence-corrected chi connectivity index (χ0v) is 21.0. The summed E-state index contributed by atoms with van der Waals surface area (Å²) in [5.41, 5.74) is 3.25. The minimum atomic E-state index is -0.911. The smallest absolute Gasteiger partial charge is 0.411 e. The summed E-state index contributed by atoms with van der Waals surface area (Å²) in [6.07, 6.45) is 7.81. The lowest BCUT2D eigenvalue weighted by Crippen LogP contribution is -2.34. The second-order valence-corrected chi connectivity index (χ2v) is 9.22. The Kier molecular flexibility index (Phi) is 7.63. The zero-order chi connectivity index (χ0) is 24.9. The number of carbonyl (C=O) groups is 1. The van der Waals surface area contributed by atoms with Gasteiger partial charge in [-0.25, -0.2) is 4.79 Å². The largest absolute Gasteiger partial charge is 0.493 e. The van der Waals surface area contributed by atoms with Crippen molar-refractivity contribution in [1.82, 2.24) is 4.98 Å². The lowest BCUT2D eigenvalue weighted by Gasteiger charge is -2.27. The predicted molar refractivity (Wildman–Crippen MR) is 137 cm³/mol. The maximum atomic E-state index is 12.2. The van der Waals surface area contributed by atoms with Crippen molar-refractivity contribution < 1.29 is 24.1 Å². The number of carboxylic acid groups (broad SMARTS) is 1. The van der Waals surface area contributed by atoms with Gasteiger partial charge < -0.3 is 19.3 Å². The molecule has 35 heavy (non-hydrogen) atoms. The highest BCUT2D eigenvalue weighted by molar-refractivity contribution is 5.89. The van der Waals surface area contributed by atoms with E-state index in [1.165, 1.54) is 30.6 Å². The highest BCUT2D eigenvalue weighted by atomic mass is 16.5. The minimum Gasteiger partial charge on any atom is -0.493 e. The third-order valence-electron chi connectivity index (χ3n) is 7.07. The summed E-state index contributed by atoms with van der Waals surface area (Å²) in [7, 11) is 3.18. The van der Waals surface area contributed by atoms with Gasteiger partial charge in [-0.15, -0.1) is 0 Å². The molecule has 2 aromatic carbocycles. The Hall–Kier alpha value is -3.48. The van der Waals surface area contributed by atoms with Crippen LogP contribution in [-0.4, -0.2) is 36.9 Å². The number of hydrogen-bond donors (Lipinski definition) is 1. The number of benzene rings is 2. The van der Waals surface area contributed by atoms with E-state index in [0.717, 1.165) is 40.6 Å². The molecule has 0 unspecified atom stereocenters. The maximum absolute atomic E-state index is 12.2. The van der Waals surface area contributed by atoms with E-state index in [2.05, 4.69) is 4.98 Å². The molecule has 0 spiro atoms. The van der Waals surface area contributed by atoms with Crippen LogP contribution in [0.15, 0.2) is 36.5 Å². The number of ether oxygens (including phenoxy) is 3. The van der Waals surface area contributed by atoms with Gasteiger partial charge in [0.05, 0.1) is 25.4 Å². The van der Waals surface area contributed by atoms with E-state index in [1.54, 1.807) is 20.4 Å². The van der Waals surface area contributed by atoms with E-state index < -0.39 is 6.09 Å². The van der Waals surface area contributed by atoms with Gasteiger partial charge >= 0.3 is 6.09 Å². The number of hydrogen-bond acceptors (Lipinski definition) is 5. The fourth-order valence-electron chi connectivity index (χ4n) is 4.92. The van der Waals surface area contributed by atoms with Crippen molar-refractivity contribution in [1.29, 1.82) is 0 Å². The average molecular weight is 479 g/mol. The van der Waals surface area contributed by atoms with Crippen LogP contribution in [0.25, 0.3) is 10.9 Å². The number of anilines is 1. The molecule has 4 rings (SSSR count). The molecule has 1 aliphatic carbocycles. The molecule has 186 valence electrons. The summed E-state index contributed by atoms with van der Waals surface area (Å²) >= 11 is 0. The molecule has 0 atom stereocenters. The molecule has 1 amide bonds. The molecule has 1 fully saturated rings. The molecule has 7 heteroatoms. The Morgan fingerprint density at radius 1 is 0.943 bits per heavy atom. The first kappa shape index (κ1) is 24.6. The van der Waals surface area contributed by atoms with Gasteiger partial charge in [-0.2, -0.15) is 0 Å². The van der Waals surface area contributed by atoms with Gasteiger partial charge in [-0.3, -0.25) is 9.88 Å². The van der Waals surface area contributed by atoms with Crippen LogP contribution in [0, 0.1) is 19.8 Å². The van der Waals surface area contributed by atoms with Crippen LogP contribution in [0.3, 0.4) is 0 Å². The quantitative estimate of drug-likeness (QED) is 0.364. The van der Waals surface area contributed by atoms with Gasteiger partial charge in [0.1, 0.15) is 11.5 Å². The Morgan fingerprint density at radius 3 is 2.29 bits per heavy atom. The molecule has 1 heterocycles. The van der Waals surface area contributed by atoms with Crippen molar-refractivity contribution in [2.45, 2.75) is 52.4 Å². The number of aromatic nitrogens is 1. The number of rotatable bonds is 7. The Balaban J connectivity index is 1.64. The second-order valence-electron chi connectivity index (χ2n) is 9.22. The molecule has 0 radical (unpaired) electrons. The topological polar surface area (TPSA) is 81.1 Å². The SMILES string of the molecule is COc1cc2nccc(Oc3ccc(N(CC4CCCCCC4)C(=O)O)c(C)c3C)c2cc1OC. The Morgan fingerprint density at radius 2 is 1.63 bits per heavy atom. The van der Waals surface area contributed by atoms with Crippen molar-refractivity contribution >= 4 is 22.7 Å². The van der Waals surface area contributed by atoms with E-state index in [0.29, 0.717) is 35.5 Å². The second kappa shape index (κ2) is 10.8. The van der Waals surface area contributed by atoms with Crippen LogP contribution in [0.5, 0.6) is 23.0 Å². The Labute approximate surface area is 206 Å². The van der Waals surface area contributed by atoms with Crippen molar-refractivity contribution in [3.8, 4) is 23.0 Å². The van der Waals surface area contributed by atoms with E-state index >= 15 is 0 Å². The van der Waals surface area contributed by atoms with Crippen molar-refractivity contribution in [3.05, 3.63) is 47.7 Å². The average Bonchev–Trinajstić information content (AvgIpc) is 3.13. The van der Waals surface area contributed by atoms with Gasteiger partial charge in [0.25, 0.3) is 0 Å². The first-order chi connectivity index (χ1) is 16.9. The molecule has 7 nitrogen and oxygen atoms in total. The highest BCUT2D eigenvalue weighted by Gasteiger charge is 2.24. The molecular formula is C28H34N2O5. The molecule has 1 N–H and O–H groups in total. The third kappa shape index (κ3) is 5.29. The molecule has 1 aliphatic rings. The summed E-state index contributed by atoms with van der Waals surface area (Å²) in [6.45, 7) is 4.46. The number of fused-ring (bicyclic) bond motifs is 1. The van der Waals surface area contributed by atoms with Gasteiger partial charge in [0, 0.05) is 24.2 Å². The number of pyridine rings is 1. The molecule has 3 aromatic rings. The zero-order valence-electron chi connectivity index (χ0n) is 21.0. The lowest BCUT2D eigenvalue weighted by atomic mass is 9.98. The molecule has 1 saturated carbocycles.